The average molecular weight is 468 g/mol. The largest absolute Gasteiger partial charge is 0.480 e. The van der Waals surface area contributed by atoms with Crippen molar-refractivity contribution in [3.63, 3.8) is 0 Å². The zero-order valence-electron chi connectivity index (χ0n) is 13.5. The first-order valence-electron chi connectivity index (χ1n) is 7.08. The van der Waals surface area contributed by atoms with Gasteiger partial charge in [-0.2, -0.15) is 31.4 Å². The number of aliphatic carboxylic acids is 1. The van der Waals surface area contributed by atoms with Gasteiger partial charge in [0.15, 0.2) is 0 Å². The second-order valence-corrected chi connectivity index (χ2v) is 7.15. The van der Waals surface area contributed by atoms with Crippen LogP contribution in [0, 0.1) is 6.92 Å². The van der Waals surface area contributed by atoms with Gasteiger partial charge in [-0.15, -0.1) is 0 Å². The Hall–Kier alpha value is -1.79. The predicted octanol–water partition coefficient (Wildman–Crippen LogP) is 5.61. The number of nitrogens with zero attached hydrogens (tertiary/aromatic N) is 2. The lowest BCUT2D eigenvalue weighted by molar-refractivity contribution is -0.137. The third-order valence-corrected chi connectivity index (χ3v) is 4.69. The van der Waals surface area contributed by atoms with Crippen molar-refractivity contribution in [3.05, 3.63) is 33.4 Å². The normalized spacial score (nSPS) is 12.3. The molecule has 2 rings (SSSR count). The van der Waals surface area contributed by atoms with Crippen LogP contribution in [-0.4, -0.2) is 32.9 Å². The molecule has 5 nitrogen and oxygen atoms in total. The van der Waals surface area contributed by atoms with E-state index >= 15 is 0 Å². The highest BCUT2D eigenvalue weighted by Gasteiger charge is 2.35. The van der Waals surface area contributed by atoms with E-state index in [0.717, 1.165) is 4.68 Å². The topological polar surface area (TPSA) is 67.2 Å². The van der Waals surface area contributed by atoms with Gasteiger partial charge in [-0.3, -0.25) is 4.79 Å². The highest BCUT2D eigenvalue weighted by Crippen LogP contribution is 2.45. The van der Waals surface area contributed by atoms with E-state index in [1.165, 1.54) is 6.92 Å². The van der Waals surface area contributed by atoms with Crippen molar-refractivity contribution in [3.8, 4) is 5.69 Å². The van der Waals surface area contributed by atoms with Crippen LogP contribution in [0.25, 0.3) is 5.69 Å². The third-order valence-electron chi connectivity index (χ3n) is 3.19. The fourth-order valence-electron chi connectivity index (χ4n) is 2.16. The van der Waals surface area contributed by atoms with Gasteiger partial charge in [0, 0.05) is 0 Å². The summed E-state index contributed by atoms with van der Waals surface area (Å²) in [6.07, 6.45) is -4.76. The van der Waals surface area contributed by atoms with Crippen LogP contribution in [0.3, 0.4) is 0 Å². The Morgan fingerprint density at radius 3 is 2.18 bits per heavy atom. The molecule has 2 N–H and O–H groups in total. The maximum absolute atomic E-state index is 12.9. The van der Waals surface area contributed by atoms with Gasteiger partial charge in [-0.1, -0.05) is 23.2 Å². The van der Waals surface area contributed by atoms with Crippen molar-refractivity contribution in [1.29, 1.82) is 0 Å². The molecule has 1 aromatic heterocycles. The molecule has 0 spiro atoms. The number of rotatable bonds is 5. The summed E-state index contributed by atoms with van der Waals surface area (Å²) in [5.41, 5.74) is -6.39. The summed E-state index contributed by atoms with van der Waals surface area (Å²) < 4.78 is 78.0. The highest BCUT2D eigenvalue weighted by atomic mass is 35.5. The quantitative estimate of drug-likeness (QED) is 0.441. The number of aryl methyl sites for hydroxylation is 1. The molecule has 0 atom stereocenters. The number of aromatic nitrogens is 2. The minimum absolute atomic E-state index is 0.165. The van der Waals surface area contributed by atoms with Crippen molar-refractivity contribution in [2.75, 3.05) is 11.9 Å². The van der Waals surface area contributed by atoms with Crippen LogP contribution in [0.15, 0.2) is 17.0 Å². The number of alkyl halides is 6. The van der Waals surface area contributed by atoms with E-state index in [1.54, 1.807) is 0 Å². The lowest BCUT2D eigenvalue weighted by Gasteiger charge is -2.15. The Labute approximate surface area is 167 Å². The molecule has 0 radical (unpaired) electrons. The standard InChI is InChI=1S/C14H9Cl2F6N3O2S/c1-5-11(28-14(20,21)22)12(23-4-9(26)27)25(24-5)10-7(15)2-6(3-8(10)16)13(17,18)19/h2-3,23H,4H2,1H3,(H,26,27). The molecule has 0 amide bonds. The summed E-state index contributed by atoms with van der Waals surface area (Å²) in [5.74, 6) is -1.82. The molecule has 0 saturated carbocycles. The lowest BCUT2D eigenvalue weighted by Crippen LogP contribution is -2.16. The molecule has 0 aliphatic heterocycles. The number of nitrogens with one attached hydrogen (secondary N) is 1. The Balaban J connectivity index is 2.68. The number of anilines is 1. The van der Waals surface area contributed by atoms with E-state index in [-0.39, 0.29) is 11.4 Å². The van der Waals surface area contributed by atoms with E-state index in [2.05, 4.69) is 10.4 Å². The average Bonchev–Trinajstić information content (AvgIpc) is 2.78. The number of hydrogen-bond donors (Lipinski definition) is 2. The molecular weight excluding hydrogens is 459 g/mol. The number of benzene rings is 1. The van der Waals surface area contributed by atoms with Gasteiger partial charge in [0.2, 0.25) is 0 Å². The smallest absolute Gasteiger partial charge is 0.446 e. The monoisotopic (exact) mass is 467 g/mol. The molecule has 0 saturated heterocycles. The molecule has 0 bridgehead atoms. The summed E-state index contributed by atoms with van der Waals surface area (Å²) >= 11 is 11.2. The van der Waals surface area contributed by atoms with Crippen LogP contribution in [0.4, 0.5) is 32.2 Å². The highest BCUT2D eigenvalue weighted by molar-refractivity contribution is 8.00. The second kappa shape index (κ2) is 7.91. The molecule has 1 aromatic carbocycles. The maximum Gasteiger partial charge on any atom is 0.446 e. The summed E-state index contributed by atoms with van der Waals surface area (Å²) in [6.45, 7) is 0.425. The number of hydrogen-bond acceptors (Lipinski definition) is 4. The molecule has 154 valence electrons. The van der Waals surface area contributed by atoms with Gasteiger partial charge < -0.3 is 10.4 Å². The van der Waals surface area contributed by atoms with E-state index in [4.69, 9.17) is 28.3 Å². The predicted molar refractivity (Wildman–Crippen MR) is 91.4 cm³/mol. The summed E-state index contributed by atoms with van der Waals surface area (Å²) in [7, 11) is 0. The first-order chi connectivity index (χ1) is 12.7. The van der Waals surface area contributed by atoms with E-state index in [9.17, 15) is 31.1 Å². The van der Waals surface area contributed by atoms with Crippen LogP contribution >= 0.6 is 35.0 Å². The van der Waals surface area contributed by atoms with E-state index in [1.807, 2.05) is 0 Å². The van der Waals surface area contributed by atoms with Crippen molar-refractivity contribution < 1.29 is 36.2 Å². The molecule has 0 aliphatic carbocycles. The minimum atomic E-state index is -4.76. The summed E-state index contributed by atoms with van der Waals surface area (Å²) in [6, 6.07) is 1.08. The van der Waals surface area contributed by atoms with Crippen LogP contribution in [-0.2, 0) is 11.0 Å². The van der Waals surface area contributed by atoms with Gasteiger partial charge in [0.25, 0.3) is 0 Å². The van der Waals surface area contributed by atoms with Crippen LogP contribution in [0.5, 0.6) is 0 Å². The van der Waals surface area contributed by atoms with Gasteiger partial charge >= 0.3 is 17.7 Å². The molecule has 1 heterocycles. The summed E-state index contributed by atoms with van der Waals surface area (Å²) in [4.78, 5) is 10.3. The molecule has 0 fully saturated rings. The van der Waals surface area contributed by atoms with Gasteiger partial charge in [0.1, 0.15) is 18.1 Å². The number of carboxylic acids is 1. The first-order valence-corrected chi connectivity index (χ1v) is 8.65. The number of thioether (sulfide) groups is 1. The van der Waals surface area contributed by atoms with Crippen molar-refractivity contribution in [2.45, 2.75) is 23.5 Å². The SMILES string of the molecule is Cc1nn(-c2c(Cl)cc(C(F)(F)F)cc2Cl)c(NCC(=O)O)c1SC(F)(F)F. The fourth-order valence-corrected chi connectivity index (χ4v) is 3.48. The Morgan fingerprint density at radius 2 is 1.75 bits per heavy atom. The minimum Gasteiger partial charge on any atom is -0.480 e. The number of carboxylic acid groups (broad SMARTS) is 1. The fraction of sp³-hybridized carbons (Fsp3) is 0.286. The van der Waals surface area contributed by atoms with Crippen LogP contribution in [0.2, 0.25) is 10.0 Å². The Kier molecular flexibility index (Phi) is 6.36. The summed E-state index contributed by atoms with van der Waals surface area (Å²) in [5, 5.41) is 13.8. The third kappa shape index (κ3) is 5.17. The van der Waals surface area contributed by atoms with Crippen LogP contribution < -0.4 is 5.32 Å². The zero-order valence-corrected chi connectivity index (χ0v) is 15.9. The molecule has 0 unspecified atom stereocenters. The Bertz CT molecular complexity index is 891. The molecular formula is C14H9Cl2F6N3O2S. The zero-order chi connectivity index (χ0) is 21.4. The lowest BCUT2D eigenvalue weighted by atomic mass is 10.2. The van der Waals surface area contributed by atoms with Gasteiger partial charge in [0.05, 0.1) is 26.2 Å². The van der Waals surface area contributed by atoms with Gasteiger partial charge in [-0.05, 0) is 30.8 Å². The number of halogens is 8. The number of carbonyl (C=O) groups is 1. The van der Waals surface area contributed by atoms with Gasteiger partial charge in [-0.25, -0.2) is 4.68 Å². The van der Waals surface area contributed by atoms with Crippen LogP contribution in [0.1, 0.15) is 11.3 Å². The molecule has 28 heavy (non-hydrogen) atoms. The van der Waals surface area contributed by atoms with E-state index in [0.29, 0.717) is 12.1 Å². The maximum atomic E-state index is 12.9. The molecule has 14 heteroatoms. The van der Waals surface area contributed by atoms with E-state index < -0.39 is 62.3 Å². The Morgan fingerprint density at radius 1 is 1.21 bits per heavy atom. The second-order valence-electron chi connectivity index (χ2n) is 5.26. The van der Waals surface area contributed by atoms with Crippen molar-refractivity contribution >= 4 is 46.8 Å². The first kappa shape index (κ1) is 22.5. The van der Waals surface area contributed by atoms with Crippen molar-refractivity contribution in [1.82, 2.24) is 9.78 Å². The van der Waals surface area contributed by atoms with Crippen molar-refractivity contribution in [2.24, 2.45) is 0 Å². The molecule has 2 aromatic rings. The molecule has 0 aliphatic rings.